The normalized spacial score (nSPS) is 10.6. The fourth-order valence-electron chi connectivity index (χ4n) is 2.16. The summed E-state index contributed by atoms with van der Waals surface area (Å²) >= 11 is 0. The van der Waals surface area contributed by atoms with E-state index in [-0.39, 0.29) is 5.91 Å². The quantitative estimate of drug-likeness (QED) is 0.899. The lowest BCUT2D eigenvalue weighted by Crippen LogP contribution is -2.15. The fourth-order valence-corrected chi connectivity index (χ4v) is 2.16. The molecule has 0 spiro atoms. The molecule has 0 aliphatic heterocycles. The molecule has 0 aliphatic rings. The topological polar surface area (TPSA) is 46.9 Å². The van der Waals surface area contributed by atoms with E-state index in [1.54, 1.807) is 4.68 Å². The average Bonchev–Trinajstić information content (AvgIpc) is 2.58. The zero-order valence-corrected chi connectivity index (χ0v) is 12.0. The van der Waals surface area contributed by atoms with Gasteiger partial charge >= 0.3 is 0 Å². The van der Waals surface area contributed by atoms with Crippen molar-refractivity contribution in [3.8, 4) is 0 Å². The SMILES string of the molecule is Cc1ccc(C)c(NC(=O)c2c(C)nn(C)c2C)c1. The van der Waals surface area contributed by atoms with Crippen LogP contribution >= 0.6 is 0 Å². The smallest absolute Gasteiger partial charge is 0.259 e. The predicted molar refractivity (Wildman–Crippen MR) is 76.6 cm³/mol. The van der Waals surface area contributed by atoms with E-state index in [0.717, 1.165) is 28.2 Å². The van der Waals surface area contributed by atoms with E-state index in [1.165, 1.54) is 0 Å². The molecule has 1 aromatic heterocycles. The molecular formula is C15H19N3O. The summed E-state index contributed by atoms with van der Waals surface area (Å²) in [6, 6.07) is 6.02. The van der Waals surface area contributed by atoms with Crippen molar-refractivity contribution in [3.63, 3.8) is 0 Å². The van der Waals surface area contributed by atoms with Crippen molar-refractivity contribution in [3.05, 3.63) is 46.3 Å². The number of nitrogens with zero attached hydrogens (tertiary/aromatic N) is 2. The van der Waals surface area contributed by atoms with Crippen LogP contribution in [0.5, 0.6) is 0 Å². The van der Waals surface area contributed by atoms with Crippen LogP contribution in [0.3, 0.4) is 0 Å². The Balaban J connectivity index is 2.33. The third-order valence-electron chi connectivity index (χ3n) is 3.38. The van der Waals surface area contributed by atoms with Crippen molar-refractivity contribution in [1.29, 1.82) is 0 Å². The Morgan fingerprint density at radius 3 is 2.47 bits per heavy atom. The number of rotatable bonds is 2. The number of hydrogen-bond donors (Lipinski definition) is 1. The van der Waals surface area contributed by atoms with Crippen LogP contribution in [-0.2, 0) is 7.05 Å². The Bertz CT molecular complexity index is 641. The Kier molecular flexibility index (Phi) is 3.42. The second-order valence-electron chi connectivity index (χ2n) is 4.94. The minimum Gasteiger partial charge on any atom is -0.322 e. The molecule has 0 fully saturated rings. The van der Waals surface area contributed by atoms with E-state index < -0.39 is 0 Å². The van der Waals surface area contributed by atoms with Gasteiger partial charge in [-0.1, -0.05) is 12.1 Å². The van der Waals surface area contributed by atoms with Crippen molar-refractivity contribution in [2.45, 2.75) is 27.7 Å². The van der Waals surface area contributed by atoms with Gasteiger partial charge in [0.1, 0.15) is 0 Å². The number of aromatic nitrogens is 2. The molecule has 0 radical (unpaired) electrons. The maximum atomic E-state index is 12.4. The predicted octanol–water partition coefficient (Wildman–Crippen LogP) is 2.91. The summed E-state index contributed by atoms with van der Waals surface area (Å²) in [5.74, 6) is -0.100. The molecule has 100 valence electrons. The first-order chi connectivity index (χ1) is 8.90. The lowest BCUT2D eigenvalue weighted by Gasteiger charge is -2.09. The molecule has 4 nitrogen and oxygen atoms in total. The molecule has 0 aliphatic carbocycles. The minimum absolute atomic E-state index is 0.100. The summed E-state index contributed by atoms with van der Waals surface area (Å²) in [6.07, 6.45) is 0. The van der Waals surface area contributed by atoms with Crippen LogP contribution in [0.1, 0.15) is 32.9 Å². The van der Waals surface area contributed by atoms with E-state index in [0.29, 0.717) is 5.56 Å². The molecule has 0 atom stereocenters. The molecule has 0 saturated heterocycles. The average molecular weight is 257 g/mol. The van der Waals surface area contributed by atoms with Crippen molar-refractivity contribution in [2.75, 3.05) is 5.32 Å². The third kappa shape index (κ3) is 2.52. The number of anilines is 1. The molecule has 1 heterocycles. The van der Waals surface area contributed by atoms with Crippen molar-refractivity contribution >= 4 is 11.6 Å². The van der Waals surface area contributed by atoms with Gasteiger partial charge in [-0.25, -0.2) is 0 Å². The van der Waals surface area contributed by atoms with Gasteiger partial charge in [0.05, 0.1) is 11.3 Å². The zero-order valence-electron chi connectivity index (χ0n) is 12.0. The molecule has 0 saturated carbocycles. The summed E-state index contributed by atoms with van der Waals surface area (Å²) in [6.45, 7) is 7.75. The molecule has 1 amide bonds. The fraction of sp³-hybridized carbons (Fsp3) is 0.333. The summed E-state index contributed by atoms with van der Waals surface area (Å²) < 4.78 is 1.73. The summed E-state index contributed by atoms with van der Waals surface area (Å²) in [5.41, 5.74) is 5.32. The monoisotopic (exact) mass is 257 g/mol. The van der Waals surface area contributed by atoms with E-state index in [4.69, 9.17) is 0 Å². The van der Waals surface area contributed by atoms with Crippen molar-refractivity contribution < 1.29 is 4.79 Å². The first-order valence-electron chi connectivity index (χ1n) is 6.29. The number of benzene rings is 1. The van der Waals surface area contributed by atoms with Gasteiger partial charge < -0.3 is 5.32 Å². The minimum atomic E-state index is -0.100. The summed E-state index contributed by atoms with van der Waals surface area (Å²) in [7, 11) is 1.84. The van der Waals surface area contributed by atoms with E-state index in [2.05, 4.69) is 10.4 Å². The van der Waals surface area contributed by atoms with Crippen LogP contribution in [0.4, 0.5) is 5.69 Å². The van der Waals surface area contributed by atoms with Crippen LogP contribution in [0, 0.1) is 27.7 Å². The number of aryl methyl sites for hydroxylation is 4. The molecule has 1 aromatic carbocycles. The van der Waals surface area contributed by atoms with Crippen LogP contribution in [-0.4, -0.2) is 15.7 Å². The first-order valence-corrected chi connectivity index (χ1v) is 6.29. The standard InChI is InChI=1S/C15H19N3O/c1-9-6-7-10(2)13(8-9)16-15(19)14-11(3)17-18(5)12(14)4/h6-8H,1-5H3,(H,16,19). The Morgan fingerprint density at radius 1 is 1.21 bits per heavy atom. The van der Waals surface area contributed by atoms with Gasteiger partial charge in [-0.2, -0.15) is 5.10 Å². The van der Waals surface area contributed by atoms with Gasteiger partial charge in [-0.3, -0.25) is 9.48 Å². The molecule has 1 N–H and O–H groups in total. The lowest BCUT2D eigenvalue weighted by atomic mass is 10.1. The van der Waals surface area contributed by atoms with Gasteiger partial charge in [0.25, 0.3) is 5.91 Å². The van der Waals surface area contributed by atoms with Crippen molar-refractivity contribution in [2.24, 2.45) is 7.05 Å². The Hall–Kier alpha value is -2.10. The third-order valence-corrected chi connectivity index (χ3v) is 3.38. The van der Waals surface area contributed by atoms with Gasteiger partial charge in [-0.05, 0) is 44.9 Å². The van der Waals surface area contributed by atoms with Gasteiger partial charge in [0, 0.05) is 18.4 Å². The zero-order chi connectivity index (χ0) is 14.2. The molecule has 2 rings (SSSR count). The molecule has 2 aromatic rings. The number of hydrogen-bond acceptors (Lipinski definition) is 2. The summed E-state index contributed by atoms with van der Waals surface area (Å²) in [4.78, 5) is 12.4. The largest absolute Gasteiger partial charge is 0.322 e. The number of nitrogens with one attached hydrogen (secondary N) is 1. The van der Waals surface area contributed by atoms with Gasteiger partial charge in [-0.15, -0.1) is 0 Å². The van der Waals surface area contributed by atoms with Gasteiger partial charge in [0.15, 0.2) is 0 Å². The van der Waals surface area contributed by atoms with E-state index >= 15 is 0 Å². The highest BCUT2D eigenvalue weighted by Crippen LogP contribution is 2.19. The Labute approximate surface area is 113 Å². The highest BCUT2D eigenvalue weighted by molar-refractivity contribution is 6.06. The molecule has 0 bridgehead atoms. The highest BCUT2D eigenvalue weighted by atomic mass is 16.1. The van der Waals surface area contributed by atoms with Gasteiger partial charge in [0.2, 0.25) is 0 Å². The maximum Gasteiger partial charge on any atom is 0.259 e. The van der Waals surface area contributed by atoms with E-state index in [1.807, 2.05) is 52.9 Å². The second-order valence-corrected chi connectivity index (χ2v) is 4.94. The van der Waals surface area contributed by atoms with Crippen LogP contribution in [0.2, 0.25) is 0 Å². The molecule has 4 heteroatoms. The van der Waals surface area contributed by atoms with Crippen LogP contribution < -0.4 is 5.32 Å². The molecular weight excluding hydrogens is 238 g/mol. The Morgan fingerprint density at radius 2 is 1.89 bits per heavy atom. The van der Waals surface area contributed by atoms with Crippen molar-refractivity contribution in [1.82, 2.24) is 9.78 Å². The van der Waals surface area contributed by atoms with E-state index in [9.17, 15) is 4.79 Å². The van der Waals surface area contributed by atoms with Crippen LogP contribution in [0.15, 0.2) is 18.2 Å². The summed E-state index contributed by atoms with van der Waals surface area (Å²) in [5, 5.41) is 7.24. The second kappa shape index (κ2) is 4.88. The highest BCUT2D eigenvalue weighted by Gasteiger charge is 2.17. The molecule has 0 unspecified atom stereocenters. The lowest BCUT2D eigenvalue weighted by molar-refractivity contribution is 0.102. The number of carbonyl (C=O) groups is 1. The molecule has 19 heavy (non-hydrogen) atoms. The first kappa shape index (κ1) is 13.3. The maximum absolute atomic E-state index is 12.4. The number of amides is 1. The van der Waals surface area contributed by atoms with Crippen LogP contribution in [0.25, 0.3) is 0 Å². The number of carbonyl (C=O) groups excluding carboxylic acids is 1.